The maximum atomic E-state index is 5.20. The average Bonchev–Trinajstić information content (AvgIpc) is 1.61. The van der Waals surface area contributed by atoms with E-state index in [2.05, 4.69) is 19.6 Å². The van der Waals surface area contributed by atoms with Gasteiger partial charge in [0.25, 0.3) is 0 Å². The molecule has 2 N–H and O–H groups in total. The zero-order chi connectivity index (χ0) is 5.70. The lowest BCUT2D eigenvalue weighted by Crippen LogP contribution is -1.85. The third-order valence-electron chi connectivity index (χ3n) is 0.642. The Bertz CT molecular complexity index is 64.5. The minimum Gasteiger partial charge on any atom is -0.394 e. The fourth-order valence-electron chi connectivity index (χ4n) is 0.292. The topological polar surface area (TPSA) is 26.0 Å². The second-order valence-electron chi connectivity index (χ2n) is 1.42. The second-order valence-corrected chi connectivity index (χ2v) is 1.93. The molecule has 0 saturated heterocycles. The van der Waals surface area contributed by atoms with Crippen LogP contribution in [0.25, 0.3) is 0 Å². The zero-order valence-corrected chi connectivity index (χ0v) is 5.41. The van der Waals surface area contributed by atoms with E-state index in [4.69, 9.17) is 5.73 Å². The van der Waals surface area contributed by atoms with Gasteiger partial charge in [-0.25, -0.2) is 0 Å². The van der Waals surface area contributed by atoms with Crippen LogP contribution in [0.3, 0.4) is 0 Å². The van der Waals surface area contributed by atoms with Crippen molar-refractivity contribution in [3.8, 4) is 0 Å². The summed E-state index contributed by atoms with van der Waals surface area (Å²) in [6.07, 6.45) is 4.08. The molecule has 0 rings (SSSR count). The van der Waals surface area contributed by atoms with Crippen molar-refractivity contribution >= 4 is 12.6 Å². The summed E-state index contributed by atoms with van der Waals surface area (Å²) in [5.41, 5.74) is 5.20. The number of hydrogen-bond donors (Lipinski definition) is 2. The molecule has 0 aliphatic heterocycles. The summed E-state index contributed by atoms with van der Waals surface area (Å²) in [7, 11) is 0. The van der Waals surface area contributed by atoms with Crippen molar-refractivity contribution < 1.29 is 0 Å². The lowest BCUT2D eigenvalue weighted by molar-refractivity contribution is 0.954. The molecular formula is C5H11NS. The van der Waals surface area contributed by atoms with Gasteiger partial charge >= 0.3 is 0 Å². The van der Waals surface area contributed by atoms with Gasteiger partial charge in [0, 0.05) is 0 Å². The predicted octanol–water partition coefficient (Wildman–Crippen LogP) is 1.52. The number of hydrogen-bond acceptors (Lipinski definition) is 2. The van der Waals surface area contributed by atoms with Crippen molar-refractivity contribution in [1.82, 2.24) is 0 Å². The molecule has 0 fully saturated rings. The number of unbranched alkanes of at least 4 members (excludes halogenated alkanes) is 1. The van der Waals surface area contributed by atoms with Crippen molar-refractivity contribution in [2.45, 2.75) is 19.8 Å². The SMILES string of the molecule is CCC/C=C(/N)S. The first-order chi connectivity index (χ1) is 3.27. The summed E-state index contributed by atoms with van der Waals surface area (Å²) in [4.78, 5) is 0. The maximum absolute atomic E-state index is 5.20. The van der Waals surface area contributed by atoms with Crippen LogP contribution in [0.4, 0.5) is 0 Å². The molecule has 0 saturated carbocycles. The molecule has 0 aliphatic rings. The molecule has 2 heteroatoms. The first-order valence-electron chi connectivity index (χ1n) is 2.42. The molecular weight excluding hydrogens is 106 g/mol. The largest absolute Gasteiger partial charge is 0.394 e. The first-order valence-corrected chi connectivity index (χ1v) is 2.86. The van der Waals surface area contributed by atoms with Gasteiger partial charge in [0.1, 0.15) is 0 Å². The second kappa shape index (κ2) is 4.06. The average molecular weight is 117 g/mol. The van der Waals surface area contributed by atoms with E-state index >= 15 is 0 Å². The van der Waals surface area contributed by atoms with Crippen molar-refractivity contribution in [1.29, 1.82) is 0 Å². The molecule has 0 aromatic carbocycles. The van der Waals surface area contributed by atoms with E-state index in [1.165, 1.54) is 0 Å². The summed E-state index contributed by atoms with van der Waals surface area (Å²) in [6.45, 7) is 2.10. The van der Waals surface area contributed by atoms with Gasteiger partial charge in [0.15, 0.2) is 0 Å². The van der Waals surface area contributed by atoms with E-state index in [1.807, 2.05) is 6.08 Å². The molecule has 0 aliphatic carbocycles. The Kier molecular flexibility index (Phi) is 4.00. The Hall–Kier alpha value is -0.110. The minimum atomic E-state index is 0.627. The van der Waals surface area contributed by atoms with Gasteiger partial charge < -0.3 is 5.73 Å². The smallest absolute Gasteiger partial charge is 0.0583 e. The highest BCUT2D eigenvalue weighted by molar-refractivity contribution is 7.84. The molecule has 0 atom stereocenters. The Morgan fingerprint density at radius 1 is 1.86 bits per heavy atom. The maximum Gasteiger partial charge on any atom is 0.0583 e. The quantitative estimate of drug-likeness (QED) is 0.527. The molecule has 42 valence electrons. The predicted molar refractivity (Wildman–Crippen MR) is 36.2 cm³/mol. The van der Waals surface area contributed by atoms with Crippen LogP contribution in [-0.2, 0) is 0 Å². The van der Waals surface area contributed by atoms with Crippen LogP contribution >= 0.6 is 12.6 Å². The van der Waals surface area contributed by atoms with Gasteiger partial charge in [-0.3, -0.25) is 0 Å². The van der Waals surface area contributed by atoms with Crippen LogP contribution in [0.2, 0.25) is 0 Å². The highest BCUT2D eigenvalue weighted by Crippen LogP contribution is 1.94. The summed E-state index contributed by atoms with van der Waals surface area (Å²) in [6, 6.07) is 0. The van der Waals surface area contributed by atoms with E-state index in [0.29, 0.717) is 5.03 Å². The van der Waals surface area contributed by atoms with E-state index in [0.717, 1.165) is 12.8 Å². The highest BCUT2D eigenvalue weighted by Gasteiger charge is 1.74. The van der Waals surface area contributed by atoms with E-state index in [9.17, 15) is 0 Å². The molecule has 0 aromatic rings. The molecule has 7 heavy (non-hydrogen) atoms. The summed E-state index contributed by atoms with van der Waals surface area (Å²) < 4.78 is 0. The van der Waals surface area contributed by atoms with Crippen LogP contribution in [0, 0.1) is 0 Å². The Balaban J connectivity index is 3.08. The molecule has 0 unspecified atom stereocenters. The zero-order valence-electron chi connectivity index (χ0n) is 4.52. The molecule has 0 aromatic heterocycles. The molecule has 0 spiro atoms. The Labute approximate surface area is 50.0 Å². The normalized spacial score (nSPS) is 12.0. The molecule has 1 nitrogen and oxygen atoms in total. The van der Waals surface area contributed by atoms with E-state index in [1.54, 1.807) is 0 Å². The van der Waals surface area contributed by atoms with Gasteiger partial charge in [-0.05, 0) is 6.42 Å². The van der Waals surface area contributed by atoms with Gasteiger partial charge in [0.2, 0.25) is 0 Å². The molecule has 0 radical (unpaired) electrons. The third kappa shape index (κ3) is 5.89. The molecule has 0 amide bonds. The molecule has 0 bridgehead atoms. The van der Waals surface area contributed by atoms with Crippen molar-refractivity contribution in [3.63, 3.8) is 0 Å². The van der Waals surface area contributed by atoms with E-state index in [-0.39, 0.29) is 0 Å². The lowest BCUT2D eigenvalue weighted by Gasteiger charge is -1.84. The highest BCUT2D eigenvalue weighted by atomic mass is 32.1. The van der Waals surface area contributed by atoms with Crippen LogP contribution in [0.5, 0.6) is 0 Å². The Morgan fingerprint density at radius 2 is 2.43 bits per heavy atom. The monoisotopic (exact) mass is 117 g/mol. The summed E-state index contributed by atoms with van der Waals surface area (Å²) in [5, 5.41) is 0.627. The fourth-order valence-corrected chi connectivity index (χ4v) is 0.421. The van der Waals surface area contributed by atoms with Crippen LogP contribution in [0.15, 0.2) is 11.1 Å². The summed E-state index contributed by atoms with van der Waals surface area (Å²) >= 11 is 3.87. The van der Waals surface area contributed by atoms with Crippen LogP contribution in [0.1, 0.15) is 19.8 Å². The van der Waals surface area contributed by atoms with Gasteiger partial charge in [-0.1, -0.05) is 19.4 Å². The lowest BCUT2D eigenvalue weighted by atomic mass is 10.3. The Morgan fingerprint density at radius 3 is 2.57 bits per heavy atom. The van der Waals surface area contributed by atoms with Crippen molar-refractivity contribution in [2.75, 3.05) is 0 Å². The fraction of sp³-hybridized carbons (Fsp3) is 0.600. The number of thiol groups is 1. The van der Waals surface area contributed by atoms with Crippen molar-refractivity contribution in [2.24, 2.45) is 5.73 Å². The van der Waals surface area contributed by atoms with Gasteiger partial charge in [0.05, 0.1) is 5.03 Å². The number of allylic oxidation sites excluding steroid dienone is 1. The first kappa shape index (κ1) is 6.89. The van der Waals surface area contributed by atoms with Crippen LogP contribution in [-0.4, -0.2) is 0 Å². The minimum absolute atomic E-state index is 0.627. The van der Waals surface area contributed by atoms with Crippen molar-refractivity contribution in [3.05, 3.63) is 11.1 Å². The van der Waals surface area contributed by atoms with Gasteiger partial charge in [-0.15, -0.1) is 12.6 Å². The van der Waals surface area contributed by atoms with Crippen LogP contribution < -0.4 is 5.73 Å². The van der Waals surface area contributed by atoms with E-state index < -0.39 is 0 Å². The third-order valence-corrected chi connectivity index (χ3v) is 0.825. The number of nitrogens with two attached hydrogens (primary N) is 1. The standard InChI is InChI=1S/C5H11NS/c1-2-3-4-5(6)7/h4,7H,2-3,6H2,1H3/b5-4-. The summed E-state index contributed by atoms with van der Waals surface area (Å²) in [5.74, 6) is 0. The number of rotatable bonds is 2. The molecule has 0 heterocycles. The van der Waals surface area contributed by atoms with Gasteiger partial charge in [-0.2, -0.15) is 0 Å².